The normalized spacial score (nSPS) is 10.8. The number of nitrogens with two attached hydrogens (primary N) is 1. The van der Waals surface area contributed by atoms with Crippen LogP contribution in [0.2, 0.25) is 5.02 Å². The number of benzene rings is 2. The molecule has 0 bridgehead atoms. The highest BCUT2D eigenvalue weighted by Gasteiger charge is 2.11. The molecule has 0 aliphatic rings. The molecule has 124 valence electrons. The molecular weight excluding hydrogens is 328 g/mol. The van der Waals surface area contributed by atoms with Crippen LogP contribution in [0.1, 0.15) is 23.0 Å². The molecule has 0 atom stereocenters. The number of H-pyrrole nitrogens is 1. The van der Waals surface area contributed by atoms with Crippen LogP contribution in [-0.2, 0) is 11.3 Å². The molecule has 3 N–H and O–H groups in total. The van der Waals surface area contributed by atoms with Gasteiger partial charge in [0.15, 0.2) is 0 Å². The van der Waals surface area contributed by atoms with Crippen molar-refractivity contribution in [1.29, 1.82) is 0 Å². The predicted octanol–water partition coefficient (Wildman–Crippen LogP) is 4.16. The lowest BCUT2D eigenvalue weighted by molar-refractivity contribution is 0.0526. The third kappa shape index (κ3) is 3.46. The number of carbonyl (C=O) groups is 1. The number of aromatic amines is 1. The van der Waals surface area contributed by atoms with Gasteiger partial charge in [-0.15, -0.1) is 0 Å². The maximum atomic E-state index is 11.8. The second-order valence-electron chi connectivity index (χ2n) is 5.29. The van der Waals surface area contributed by atoms with Crippen LogP contribution in [0.15, 0.2) is 42.5 Å². The van der Waals surface area contributed by atoms with Gasteiger partial charge in [-0.05, 0) is 49.4 Å². The fraction of sp³-hybridized carbons (Fsp3) is 0.167. The molecule has 1 aromatic heterocycles. The number of hydrogen-bond acceptors (Lipinski definition) is 4. The number of aromatic nitrogens is 1. The van der Waals surface area contributed by atoms with Gasteiger partial charge in [0.1, 0.15) is 12.4 Å². The van der Waals surface area contributed by atoms with Crippen molar-refractivity contribution in [3.8, 4) is 5.75 Å². The molecule has 5 nitrogen and oxygen atoms in total. The predicted molar refractivity (Wildman–Crippen MR) is 94.5 cm³/mol. The first-order valence-corrected chi connectivity index (χ1v) is 7.91. The monoisotopic (exact) mass is 344 g/mol. The molecule has 0 fully saturated rings. The molecule has 0 unspecified atom stereocenters. The first-order chi connectivity index (χ1) is 11.6. The number of esters is 1. The van der Waals surface area contributed by atoms with Crippen LogP contribution in [0.25, 0.3) is 10.9 Å². The quantitative estimate of drug-likeness (QED) is 0.538. The summed E-state index contributed by atoms with van der Waals surface area (Å²) >= 11 is 5.99. The van der Waals surface area contributed by atoms with Gasteiger partial charge in [0.2, 0.25) is 0 Å². The number of ether oxygens (including phenoxy) is 2. The Morgan fingerprint density at radius 2 is 2.04 bits per heavy atom. The average Bonchev–Trinajstić information content (AvgIpc) is 2.96. The topological polar surface area (TPSA) is 77.3 Å². The summed E-state index contributed by atoms with van der Waals surface area (Å²) in [5, 5.41) is 1.69. The van der Waals surface area contributed by atoms with Crippen molar-refractivity contribution in [2.45, 2.75) is 13.5 Å². The first-order valence-electron chi connectivity index (χ1n) is 7.53. The van der Waals surface area contributed by atoms with E-state index < -0.39 is 5.97 Å². The maximum Gasteiger partial charge on any atom is 0.338 e. The number of carbonyl (C=O) groups excluding carboxylic acids is 1. The van der Waals surface area contributed by atoms with Crippen LogP contribution in [0.4, 0.5) is 5.69 Å². The van der Waals surface area contributed by atoms with Crippen molar-refractivity contribution < 1.29 is 14.3 Å². The van der Waals surface area contributed by atoms with Crippen molar-refractivity contribution in [2.75, 3.05) is 12.3 Å². The summed E-state index contributed by atoms with van der Waals surface area (Å²) in [5.41, 5.74) is 8.65. The molecule has 0 aliphatic carbocycles. The standard InChI is InChI=1S/C18H17ClN2O3/c1-2-23-18(22)11-3-5-15(20)17(9-11)24-10-14-8-12-7-13(19)4-6-16(12)21-14/h3-9,21H,2,10,20H2,1H3. The average molecular weight is 345 g/mol. The van der Waals surface area contributed by atoms with Crippen molar-refractivity contribution in [2.24, 2.45) is 0 Å². The molecule has 0 saturated heterocycles. The van der Waals surface area contributed by atoms with Gasteiger partial charge in [-0.1, -0.05) is 11.6 Å². The SMILES string of the molecule is CCOC(=O)c1ccc(N)c(OCc2cc3cc(Cl)ccc3[nH]2)c1. The van der Waals surface area contributed by atoms with E-state index in [1.165, 1.54) is 0 Å². The number of rotatable bonds is 5. The fourth-order valence-corrected chi connectivity index (χ4v) is 2.58. The van der Waals surface area contributed by atoms with E-state index in [0.29, 0.717) is 35.2 Å². The minimum absolute atomic E-state index is 0.294. The summed E-state index contributed by atoms with van der Waals surface area (Å²) in [4.78, 5) is 15.0. The molecule has 1 heterocycles. The van der Waals surface area contributed by atoms with Gasteiger partial charge in [0.05, 0.1) is 23.6 Å². The molecule has 0 amide bonds. The van der Waals surface area contributed by atoms with Crippen LogP contribution in [0, 0.1) is 0 Å². The molecule has 0 spiro atoms. The Hall–Kier alpha value is -2.66. The Labute approximate surface area is 144 Å². The third-order valence-corrected chi connectivity index (χ3v) is 3.78. The Morgan fingerprint density at radius 1 is 1.21 bits per heavy atom. The summed E-state index contributed by atoms with van der Waals surface area (Å²) in [7, 11) is 0. The molecule has 24 heavy (non-hydrogen) atoms. The van der Waals surface area contributed by atoms with Crippen molar-refractivity contribution in [3.63, 3.8) is 0 Å². The number of hydrogen-bond donors (Lipinski definition) is 2. The third-order valence-electron chi connectivity index (χ3n) is 3.55. The Balaban J connectivity index is 1.77. The van der Waals surface area contributed by atoms with Crippen molar-refractivity contribution in [3.05, 3.63) is 58.7 Å². The number of nitrogen functional groups attached to an aromatic ring is 1. The van der Waals surface area contributed by atoms with Gasteiger partial charge >= 0.3 is 5.97 Å². The zero-order valence-electron chi connectivity index (χ0n) is 13.1. The van der Waals surface area contributed by atoms with Gasteiger partial charge < -0.3 is 20.2 Å². The van der Waals surface area contributed by atoms with Crippen molar-refractivity contribution >= 4 is 34.2 Å². The van der Waals surface area contributed by atoms with Gasteiger partial charge in [-0.25, -0.2) is 4.79 Å². The summed E-state index contributed by atoms with van der Waals surface area (Å²) in [6, 6.07) is 12.4. The smallest absolute Gasteiger partial charge is 0.338 e. The van der Waals surface area contributed by atoms with Crippen molar-refractivity contribution in [1.82, 2.24) is 4.98 Å². The van der Waals surface area contributed by atoms with E-state index in [4.69, 9.17) is 26.8 Å². The van der Waals surface area contributed by atoms with E-state index in [9.17, 15) is 4.79 Å². The second kappa shape index (κ2) is 6.84. The van der Waals surface area contributed by atoms with Crippen LogP contribution in [-0.4, -0.2) is 17.6 Å². The molecule has 0 radical (unpaired) electrons. The van der Waals surface area contributed by atoms with E-state index >= 15 is 0 Å². The minimum Gasteiger partial charge on any atom is -0.485 e. The summed E-state index contributed by atoms with van der Waals surface area (Å²) in [6.07, 6.45) is 0. The highest BCUT2D eigenvalue weighted by molar-refractivity contribution is 6.31. The molecule has 3 rings (SSSR count). The number of fused-ring (bicyclic) bond motifs is 1. The van der Waals surface area contributed by atoms with E-state index in [1.54, 1.807) is 25.1 Å². The molecule has 0 aliphatic heterocycles. The maximum absolute atomic E-state index is 11.8. The zero-order chi connectivity index (χ0) is 17.1. The lowest BCUT2D eigenvalue weighted by Crippen LogP contribution is -2.06. The van der Waals surface area contributed by atoms with Gasteiger partial charge in [-0.2, -0.15) is 0 Å². The summed E-state index contributed by atoms with van der Waals surface area (Å²) in [5.74, 6) is 0.0415. The lowest BCUT2D eigenvalue weighted by atomic mass is 10.2. The van der Waals surface area contributed by atoms with E-state index in [0.717, 1.165) is 16.6 Å². The number of nitrogens with one attached hydrogen (secondary N) is 1. The Morgan fingerprint density at radius 3 is 2.83 bits per heavy atom. The van der Waals surface area contributed by atoms with E-state index in [-0.39, 0.29) is 0 Å². The highest BCUT2D eigenvalue weighted by atomic mass is 35.5. The number of anilines is 1. The molecular formula is C18H17ClN2O3. The first kappa shape index (κ1) is 16.2. The second-order valence-corrected chi connectivity index (χ2v) is 5.72. The highest BCUT2D eigenvalue weighted by Crippen LogP contribution is 2.25. The summed E-state index contributed by atoms with van der Waals surface area (Å²) in [6.45, 7) is 2.37. The van der Waals surface area contributed by atoms with Crippen LogP contribution in [0.5, 0.6) is 5.75 Å². The van der Waals surface area contributed by atoms with Gasteiger partial charge in [-0.3, -0.25) is 0 Å². The Bertz CT molecular complexity index is 889. The zero-order valence-corrected chi connectivity index (χ0v) is 13.9. The molecule has 0 saturated carbocycles. The molecule has 3 aromatic rings. The van der Waals surface area contributed by atoms with Gasteiger partial charge in [0.25, 0.3) is 0 Å². The van der Waals surface area contributed by atoms with Crippen LogP contribution >= 0.6 is 11.6 Å². The molecule has 2 aromatic carbocycles. The van der Waals surface area contributed by atoms with E-state index in [1.807, 2.05) is 24.3 Å². The minimum atomic E-state index is -0.400. The van der Waals surface area contributed by atoms with E-state index in [2.05, 4.69) is 4.98 Å². The largest absolute Gasteiger partial charge is 0.485 e. The number of halogens is 1. The van der Waals surface area contributed by atoms with Crippen LogP contribution in [0.3, 0.4) is 0 Å². The van der Waals surface area contributed by atoms with Gasteiger partial charge in [0, 0.05) is 15.9 Å². The lowest BCUT2D eigenvalue weighted by Gasteiger charge is -2.10. The summed E-state index contributed by atoms with van der Waals surface area (Å²) < 4.78 is 10.7. The van der Waals surface area contributed by atoms with Crippen LogP contribution < -0.4 is 10.5 Å². The fourth-order valence-electron chi connectivity index (χ4n) is 2.40. The Kier molecular flexibility index (Phi) is 4.62. The molecule has 6 heteroatoms.